The van der Waals surface area contributed by atoms with Crippen LogP contribution in [0, 0.1) is 0 Å². The summed E-state index contributed by atoms with van der Waals surface area (Å²) in [6.45, 7) is 3.68. The lowest BCUT2D eigenvalue weighted by atomic mass is 10.0. The van der Waals surface area contributed by atoms with Crippen molar-refractivity contribution in [3.8, 4) is 5.75 Å². The van der Waals surface area contributed by atoms with E-state index in [1.807, 2.05) is 0 Å². The molecule has 0 fully saturated rings. The molecule has 136 valence electrons. The van der Waals surface area contributed by atoms with Crippen LogP contribution in [-0.4, -0.2) is 18.9 Å². The van der Waals surface area contributed by atoms with E-state index < -0.39 is 23.5 Å². The van der Waals surface area contributed by atoms with Crippen LogP contribution >= 0.6 is 0 Å². The fraction of sp³-hybridized carbons (Fsp3) is 0.111. The highest BCUT2D eigenvalue weighted by molar-refractivity contribution is 6.41. The number of nitrogens with one attached hydrogen (secondary N) is 1. The second kappa shape index (κ2) is 7.73. The number of rotatable bonds is 6. The van der Waals surface area contributed by atoms with Crippen LogP contribution in [0.5, 0.6) is 5.75 Å². The summed E-state index contributed by atoms with van der Waals surface area (Å²) in [4.78, 5) is 28.6. The van der Waals surface area contributed by atoms with E-state index in [1.54, 1.807) is 12.1 Å². The Morgan fingerprint density at radius 2 is 1.69 bits per heavy atom. The number of ether oxygens (including phenoxy) is 1. The Bertz CT molecular complexity index is 846. The zero-order valence-electron chi connectivity index (χ0n) is 13.6. The number of carbonyl (C=O) groups excluding carboxylic acids is 2. The van der Waals surface area contributed by atoms with E-state index in [9.17, 15) is 22.8 Å². The van der Waals surface area contributed by atoms with Gasteiger partial charge in [0, 0.05) is 11.1 Å². The molecule has 2 aromatic carbocycles. The Kier molecular flexibility index (Phi) is 5.66. The molecule has 2 rings (SSSR count). The first kappa shape index (κ1) is 19.0. The predicted molar refractivity (Wildman–Crippen MR) is 87.0 cm³/mol. The summed E-state index contributed by atoms with van der Waals surface area (Å²) < 4.78 is 42.5. The first-order chi connectivity index (χ1) is 12.2. The zero-order chi connectivity index (χ0) is 19.3. The molecular weight excluding hydrogens is 351 g/mol. The normalized spacial score (nSPS) is 10.8. The third-order valence-electron chi connectivity index (χ3n) is 3.32. The first-order valence-electron chi connectivity index (χ1n) is 7.25. The number of alkyl halides is 3. The van der Waals surface area contributed by atoms with E-state index in [1.165, 1.54) is 24.3 Å². The number of methoxy groups -OCH3 is 1. The van der Waals surface area contributed by atoms with Crippen LogP contribution < -0.4 is 10.3 Å². The number of halogens is 3. The summed E-state index contributed by atoms with van der Waals surface area (Å²) in [6, 6.07) is 10.3. The fourth-order valence-electron chi connectivity index (χ4n) is 2.06. The lowest BCUT2D eigenvalue weighted by molar-refractivity contribution is -0.137. The average molecular weight is 365 g/mol. The van der Waals surface area contributed by atoms with Gasteiger partial charge in [0.2, 0.25) is 0 Å². The van der Waals surface area contributed by atoms with Crippen LogP contribution in [0.3, 0.4) is 0 Å². The van der Waals surface area contributed by atoms with E-state index in [2.05, 4.69) is 16.8 Å². The van der Waals surface area contributed by atoms with Crippen molar-refractivity contribution in [1.29, 1.82) is 0 Å². The zero-order valence-corrected chi connectivity index (χ0v) is 13.6. The minimum atomic E-state index is -4.50. The molecular formula is C18H14F3NO4. The highest BCUT2D eigenvalue weighted by atomic mass is 19.4. The Morgan fingerprint density at radius 1 is 1.04 bits per heavy atom. The number of hydrogen-bond donors (Lipinski definition) is 1. The highest BCUT2D eigenvalue weighted by Gasteiger charge is 2.30. The van der Waals surface area contributed by atoms with Crippen molar-refractivity contribution < 1.29 is 32.3 Å². The third-order valence-corrected chi connectivity index (χ3v) is 3.32. The number of esters is 1. The first-order valence-corrected chi connectivity index (χ1v) is 7.25. The van der Waals surface area contributed by atoms with Crippen LogP contribution in [0.2, 0.25) is 0 Å². The molecule has 0 unspecified atom stereocenters. The van der Waals surface area contributed by atoms with Gasteiger partial charge >= 0.3 is 12.1 Å². The summed E-state index contributed by atoms with van der Waals surface area (Å²) in [5.41, 5.74) is 1.85. The molecule has 0 atom stereocenters. The molecule has 5 nitrogen and oxygen atoms in total. The molecule has 0 aliphatic rings. The Morgan fingerprint density at radius 3 is 2.31 bits per heavy atom. The summed E-state index contributed by atoms with van der Waals surface area (Å²) >= 11 is 0. The van der Waals surface area contributed by atoms with Gasteiger partial charge in [-0.25, -0.2) is 10.3 Å². The molecule has 0 saturated carbocycles. The molecule has 0 bridgehead atoms. The molecule has 8 heteroatoms. The highest BCUT2D eigenvalue weighted by Crippen LogP contribution is 2.31. The number of carbonyl (C=O) groups is 2. The average Bonchev–Trinajstić information content (AvgIpc) is 2.64. The van der Waals surface area contributed by atoms with E-state index in [0.717, 1.165) is 19.2 Å². The largest absolute Gasteiger partial charge is 0.463 e. The van der Waals surface area contributed by atoms with Gasteiger partial charge in [-0.2, -0.15) is 13.2 Å². The monoisotopic (exact) mass is 365 g/mol. The van der Waals surface area contributed by atoms with Crippen molar-refractivity contribution in [1.82, 2.24) is 5.48 Å². The van der Waals surface area contributed by atoms with E-state index in [4.69, 9.17) is 4.84 Å². The van der Waals surface area contributed by atoms with Gasteiger partial charge in [0.1, 0.15) is 0 Å². The van der Waals surface area contributed by atoms with Crippen LogP contribution in [0.1, 0.15) is 21.5 Å². The van der Waals surface area contributed by atoms with E-state index in [-0.39, 0.29) is 22.6 Å². The van der Waals surface area contributed by atoms with Gasteiger partial charge in [-0.1, -0.05) is 36.9 Å². The van der Waals surface area contributed by atoms with Gasteiger partial charge in [0.05, 0.1) is 18.4 Å². The maximum atomic E-state index is 12.7. The lowest BCUT2D eigenvalue weighted by Gasteiger charge is -2.14. The SMILES string of the molecule is C=C(NOc1cccc(C(F)(F)F)c1)c1ccccc1C(=O)C(=O)OC. The van der Waals surface area contributed by atoms with E-state index >= 15 is 0 Å². The third kappa shape index (κ3) is 4.41. The Labute approximate surface area is 147 Å². The minimum absolute atomic E-state index is 0.0180. The van der Waals surface area contributed by atoms with Gasteiger partial charge in [0.25, 0.3) is 5.78 Å². The van der Waals surface area contributed by atoms with Gasteiger partial charge in [-0.05, 0) is 18.2 Å². The molecule has 0 aliphatic heterocycles. The van der Waals surface area contributed by atoms with Crippen LogP contribution in [-0.2, 0) is 15.7 Å². The number of hydrogen-bond acceptors (Lipinski definition) is 5. The van der Waals surface area contributed by atoms with E-state index in [0.29, 0.717) is 0 Å². The number of hydroxylamine groups is 1. The van der Waals surface area contributed by atoms with Crippen LogP contribution in [0.25, 0.3) is 5.70 Å². The molecule has 0 aromatic heterocycles. The lowest BCUT2D eigenvalue weighted by Crippen LogP contribution is -2.21. The van der Waals surface area contributed by atoms with Crippen molar-refractivity contribution in [2.24, 2.45) is 0 Å². The molecule has 0 amide bonds. The maximum Gasteiger partial charge on any atom is 0.416 e. The summed E-state index contributed by atoms with van der Waals surface area (Å²) in [5, 5.41) is 0. The molecule has 0 aliphatic carbocycles. The smallest absolute Gasteiger partial charge is 0.416 e. The fourth-order valence-corrected chi connectivity index (χ4v) is 2.06. The number of ketones is 1. The molecule has 2 aromatic rings. The number of benzene rings is 2. The molecule has 0 saturated heterocycles. The van der Waals surface area contributed by atoms with Gasteiger partial charge < -0.3 is 9.57 Å². The van der Waals surface area contributed by atoms with Crippen LogP contribution in [0.4, 0.5) is 13.2 Å². The van der Waals surface area contributed by atoms with Crippen LogP contribution in [0.15, 0.2) is 55.1 Å². The second-order valence-corrected chi connectivity index (χ2v) is 5.07. The Hall–Kier alpha value is -3.29. The minimum Gasteiger partial charge on any atom is -0.463 e. The standard InChI is InChI=1S/C18H14F3NO4/c1-11(14-8-3-4-9-15(14)16(23)17(24)25-2)22-26-13-7-5-6-12(10-13)18(19,20)21/h3-10,22H,1H2,2H3. The molecule has 0 spiro atoms. The number of Topliss-reactive ketones (excluding diaryl/α,β-unsaturated/α-hetero) is 1. The summed E-state index contributed by atoms with van der Waals surface area (Å²) in [6.07, 6.45) is -4.50. The molecule has 0 heterocycles. The van der Waals surface area contributed by atoms with Crippen molar-refractivity contribution in [2.45, 2.75) is 6.18 Å². The summed E-state index contributed by atoms with van der Waals surface area (Å²) in [7, 11) is 1.08. The summed E-state index contributed by atoms with van der Waals surface area (Å²) in [5.74, 6) is -2.04. The van der Waals surface area contributed by atoms with Crippen molar-refractivity contribution >= 4 is 17.4 Å². The predicted octanol–water partition coefficient (Wildman–Crippen LogP) is 3.62. The van der Waals surface area contributed by atoms with Crippen molar-refractivity contribution in [3.63, 3.8) is 0 Å². The van der Waals surface area contributed by atoms with Gasteiger partial charge in [-0.15, -0.1) is 0 Å². The topological polar surface area (TPSA) is 64.6 Å². The van der Waals surface area contributed by atoms with Crippen molar-refractivity contribution in [3.05, 3.63) is 71.8 Å². The molecule has 26 heavy (non-hydrogen) atoms. The Balaban J connectivity index is 2.17. The second-order valence-electron chi connectivity index (χ2n) is 5.07. The van der Waals surface area contributed by atoms with Gasteiger partial charge in [0.15, 0.2) is 5.75 Å². The molecule has 0 radical (unpaired) electrons. The quantitative estimate of drug-likeness (QED) is 0.367. The maximum absolute atomic E-state index is 12.7. The van der Waals surface area contributed by atoms with Gasteiger partial charge in [-0.3, -0.25) is 4.79 Å². The van der Waals surface area contributed by atoms with Crippen molar-refractivity contribution in [2.75, 3.05) is 7.11 Å². The molecule has 1 N–H and O–H groups in total.